The van der Waals surface area contributed by atoms with Crippen LogP contribution in [0.5, 0.6) is 11.5 Å². The van der Waals surface area contributed by atoms with Gasteiger partial charge >= 0.3 is 5.97 Å². The number of fused-ring (bicyclic) bond motifs is 1. The fourth-order valence-corrected chi connectivity index (χ4v) is 3.91. The predicted molar refractivity (Wildman–Crippen MR) is 97.9 cm³/mol. The maximum Gasteiger partial charge on any atom is 0.346 e. The molecule has 1 aromatic heterocycles. The Morgan fingerprint density at radius 2 is 1.85 bits per heavy atom. The molecule has 2 aromatic rings. The Morgan fingerprint density at radius 3 is 2.50 bits per heavy atom. The largest absolute Gasteiger partial charge is 0.496 e. The molecule has 0 N–H and O–H groups in total. The van der Waals surface area contributed by atoms with Crippen LogP contribution in [0.2, 0.25) is 0 Å². The molecule has 7 heteroatoms. The number of benzene rings is 1. The van der Waals surface area contributed by atoms with Crippen molar-refractivity contribution in [2.24, 2.45) is 0 Å². The lowest BCUT2D eigenvalue weighted by Gasteiger charge is -2.29. The fourth-order valence-electron chi connectivity index (χ4n) is 3.02. The van der Waals surface area contributed by atoms with Crippen LogP contribution in [0.3, 0.4) is 0 Å². The van der Waals surface area contributed by atoms with Crippen molar-refractivity contribution in [3.8, 4) is 11.5 Å². The van der Waals surface area contributed by atoms with Crippen LogP contribution in [-0.4, -0.2) is 43.6 Å². The molecule has 1 aliphatic rings. The van der Waals surface area contributed by atoms with Crippen molar-refractivity contribution in [2.45, 2.75) is 26.0 Å². The standard InChI is InChI=1S/C19H21NO5S/c1-12(18(21)20-9-7-16-13(11-20)8-10-26-16)25-19(22)17-14(23-2)5-4-6-15(17)24-3/h4-6,8,10,12H,7,9,11H2,1-3H3/t12-/m0/s1. The lowest BCUT2D eigenvalue weighted by Crippen LogP contribution is -2.42. The van der Waals surface area contributed by atoms with Gasteiger partial charge in [-0.1, -0.05) is 6.07 Å². The average molecular weight is 375 g/mol. The summed E-state index contributed by atoms with van der Waals surface area (Å²) in [5.74, 6) is -0.165. The maximum absolute atomic E-state index is 12.7. The zero-order valence-electron chi connectivity index (χ0n) is 15.0. The molecule has 26 heavy (non-hydrogen) atoms. The predicted octanol–water partition coefficient (Wildman–Crippen LogP) is 2.90. The van der Waals surface area contributed by atoms with E-state index < -0.39 is 12.1 Å². The second-order valence-electron chi connectivity index (χ2n) is 5.96. The molecule has 1 aliphatic heterocycles. The second-order valence-corrected chi connectivity index (χ2v) is 6.96. The molecule has 6 nitrogen and oxygen atoms in total. The smallest absolute Gasteiger partial charge is 0.346 e. The molecule has 0 aliphatic carbocycles. The van der Waals surface area contributed by atoms with E-state index in [1.165, 1.54) is 24.7 Å². The normalized spacial score (nSPS) is 14.3. The summed E-state index contributed by atoms with van der Waals surface area (Å²) in [7, 11) is 2.93. The van der Waals surface area contributed by atoms with Crippen LogP contribution >= 0.6 is 11.3 Å². The van der Waals surface area contributed by atoms with Crippen molar-refractivity contribution >= 4 is 23.2 Å². The van der Waals surface area contributed by atoms with Gasteiger partial charge in [0.15, 0.2) is 6.10 Å². The number of hydrogen-bond donors (Lipinski definition) is 0. The number of methoxy groups -OCH3 is 2. The Labute approximate surface area is 156 Å². The molecule has 138 valence electrons. The first-order valence-electron chi connectivity index (χ1n) is 8.31. The summed E-state index contributed by atoms with van der Waals surface area (Å²) in [6.07, 6.45) is -0.0583. The molecular weight excluding hydrogens is 354 g/mol. The minimum absolute atomic E-state index is 0.177. The van der Waals surface area contributed by atoms with Gasteiger partial charge in [-0.2, -0.15) is 0 Å². The Balaban J connectivity index is 1.71. The molecular formula is C19H21NO5S. The van der Waals surface area contributed by atoms with Gasteiger partial charge in [-0.15, -0.1) is 11.3 Å². The summed E-state index contributed by atoms with van der Waals surface area (Å²) in [6, 6.07) is 7.05. The van der Waals surface area contributed by atoms with E-state index in [-0.39, 0.29) is 11.5 Å². The molecule has 1 aromatic carbocycles. The van der Waals surface area contributed by atoms with Crippen LogP contribution in [0.4, 0.5) is 0 Å². The number of esters is 1. The van der Waals surface area contributed by atoms with E-state index in [1.54, 1.807) is 41.4 Å². The van der Waals surface area contributed by atoms with Crippen molar-refractivity contribution in [3.63, 3.8) is 0 Å². The molecule has 0 fully saturated rings. The molecule has 1 amide bonds. The SMILES string of the molecule is COc1cccc(OC)c1C(=O)O[C@@H](C)C(=O)N1CCc2sccc2C1. The van der Waals surface area contributed by atoms with Crippen molar-refractivity contribution in [1.82, 2.24) is 4.90 Å². The van der Waals surface area contributed by atoms with Crippen LogP contribution in [0.1, 0.15) is 27.7 Å². The third kappa shape index (κ3) is 3.53. The maximum atomic E-state index is 12.7. The van der Waals surface area contributed by atoms with Gasteiger partial charge in [0, 0.05) is 18.0 Å². The highest BCUT2D eigenvalue weighted by molar-refractivity contribution is 7.10. The highest BCUT2D eigenvalue weighted by Crippen LogP contribution is 2.30. The molecule has 0 spiro atoms. The topological polar surface area (TPSA) is 65.1 Å². The molecule has 0 saturated heterocycles. The molecule has 0 radical (unpaired) electrons. The number of rotatable bonds is 5. The number of amides is 1. The monoisotopic (exact) mass is 375 g/mol. The Morgan fingerprint density at radius 1 is 1.15 bits per heavy atom. The summed E-state index contributed by atoms with van der Waals surface area (Å²) >= 11 is 1.71. The van der Waals surface area contributed by atoms with Gasteiger partial charge in [-0.3, -0.25) is 4.79 Å². The van der Waals surface area contributed by atoms with Crippen molar-refractivity contribution < 1.29 is 23.8 Å². The van der Waals surface area contributed by atoms with Gasteiger partial charge in [0.25, 0.3) is 5.91 Å². The number of carbonyl (C=O) groups excluding carboxylic acids is 2. The minimum atomic E-state index is -0.891. The zero-order chi connectivity index (χ0) is 18.7. The Hall–Kier alpha value is -2.54. The average Bonchev–Trinajstić information content (AvgIpc) is 3.14. The first-order valence-corrected chi connectivity index (χ1v) is 9.19. The quantitative estimate of drug-likeness (QED) is 0.752. The molecule has 0 unspecified atom stereocenters. The van der Waals surface area contributed by atoms with E-state index in [2.05, 4.69) is 0 Å². The first kappa shape index (κ1) is 18.3. The van der Waals surface area contributed by atoms with Crippen molar-refractivity contribution in [2.75, 3.05) is 20.8 Å². The number of thiophene rings is 1. The minimum Gasteiger partial charge on any atom is -0.496 e. The van der Waals surface area contributed by atoms with Crippen molar-refractivity contribution in [3.05, 3.63) is 45.6 Å². The summed E-state index contributed by atoms with van der Waals surface area (Å²) in [5.41, 5.74) is 1.34. The lowest BCUT2D eigenvalue weighted by molar-refractivity contribution is -0.140. The summed E-state index contributed by atoms with van der Waals surface area (Å²) in [6.45, 7) is 2.77. The van der Waals surface area contributed by atoms with E-state index in [9.17, 15) is 9.59 Å². The van der Waals surface area contributed by atoms with E-state index in [4.69, 9.17) is 14.2 Å². The van der Waals surface area contributed by atoms with Crippen LogP contribution in [0.25, 0.3) is 0 Å². The van der Waals surface area contributed by atoms with Gasteiger partial charge in [-0.25, -0.2) is 4.79 Å². The van der Waals surface area contributed by atoms with Crippen LogP contribution in [0, 0.1) is 0 Å². The summed E-state index contributed by atoms with van der Waals surface area (Å²) < 4.78 is 15.9. The molecule has 3 rings (SSSR count). The second kappa shape index (κ2) is 7.78. The van der Waals surface area contributed by atoms with Gasteiger partial charge < -0.3 is 19.1 Å². The van der Waals surface area contributed by atoms with Gasteiger partial charge in [0.1, 0.15) is 17.1 Å². The molecule has 0 saturated carbocycles. The number of carbonyl (C=O) groups is 2. The van der Waals surface area contributed by atoms with Crippen molar-refractivity contribution in [1.29, 1.82) is 0 Å². The summed E-state index contributed by atoms with van der Waals surface area (Å²) in [5, 5.41) is 2.04. The highest BCUT2D eigenvalue weighted by atomic mass is 32.1. The van der Waals surface area contributed by atoms with Crippen LogP contribution in [-0.2, 0) is 22.5 Å². The zero-order valence-corrected chi connectivity index (χ0v) is 15.8. The van der Waals surface area contributed by atoms with E-state index in [0.717, 1.165) is 6.42 Å². The molecule has 1 atom stereocenters. The lowest BCUT2D eigenvalue weighted by atomic mass is 10.1. The Bertz CT molecular complexity index is 794. The number of ether oxygens (including phenoxy) is 3. The van der Waals surface area contributed by atoms with Gasteiger partial charge in [-0.05, 0) is 42.5 Å². The first-order chi connectivity index (χ1) is 12.5. The molecule has 2 heterocycles. The fraction of sp³-hybridized carbons (Fsp3) is 0.368. The number of nitrogens with zero attached hydrogens (tertiary/aromatic N) is 1. The van der Waals surface area contributed by atoms with Gasteiger partial charge in [0.2, 0.25) is 0 Å². The van der Waals surface area contributed by atoms with Gasteiger partial charge in [0.05, 0.1) is 14.2 Å². The molecule has 0 bridgehead atoms. The number of hydrogen-bond acceptors (Lipinski definition) is 6. The van der Waals surface area contributed by atoms with Crippen LogP contribution in [0.15, 0.2) is 29.6 Å². The third-order valence-corrected chi connectivity index (χ3v) is 5.41. The van der Waals surface area contributed by atoms with E-state index in [0.29, 0.717) is 24.6 Å². The Kier molecular flexibility index (Phi) is 5.46. The third-order valence-electron chi connectivity index (χ3n) is 4.38. The highest BCUT2D eigenvalue weighted by Gasteiger charge is 2.29. The van der Waals surface area contributed by atoms with E-state index >= 15 is 0 Å². The van der Waals surface area contributed by atoms with E-state index in [1.807, 2.05) is 11.4 Å². The van der Waals surface area contributed by atoms with Crippen LogP contribution < -0.4 is 9.47 Å². The summed E-state index contributed by atoms with van der Waals surface area (Å²) in [4.78, 5) is 28.3.